The molecule has 0 saturated heterocycles. The molecular weight excluding hydrogens is 271 g/mol. The molecule has 0 heterocycles. The predicted octanol–water partition coefficient (Wildman–Crippen LogP) is 2.65. The van der Waals surface area contributed by atoms with Crippen LogP contribution in [0.1, 0.15) is 38.8 Å². The molecule has 0 aliphatic carbocycles. The Morgan fingerprint density at radius 3 is 2.67 bits per heavy atom. The van der Waals surface area contributed by atoms with Gasteiger partial charge in [-0.3, -0.25) is 4.79 Å². The zero-order valence-electron chi connectivity index (χ0n) is 13.2. The molecule has 1 unspecified atom stereocenters. The van der Waals surface area contributed by atoms with E-state index < -0.39 is 0 Å². The van der Waals surface area contributed by atoms with Crippen LogP contribution in [0.5, 0.6) is 5.75 Å². The van der Waals surface area contributed by atoms with Gasteiger partial charge in [-0.15, -0.1) is 0 Å². The van der Waals surface area contributed by atoms with Gasteiger partial charge >= 0.3 is 0 Å². The SMILES string of the molecule is COc1cc(C(C)NCCC(=O)NCC(C)C)ccc1F. The van der Waals surface area contributed by atoms with Gasteiger partial charge in [-0.05, 0) is 30.5 Å². The second kappa shape index (κ2) is 8.62. The molecule has 1 aromatic carbocycles. The molecule has 0 aliphatic heterocycles. The molecule has 5 heteroatoms. The molecule has 0 bridgehead atoms. The van der Waals surface area contributed by atoms with Crippen LogP contribution in [0.15, 0.2) is 18.2 Å². The molecule has 2 N–H and O–H groups in total. The molecule has 0 aromatic heterocycles. The van der Waals surface area contributed by atoms with Crippen molar-refractivity contribution in [1.29, 1.82) is 0 Å². The first-order valence-corrected chi connectivity index (χ1v) is 7.27. The van der Waals surface area contributed by atoms with Crippen LogP contribution in [0.25, 0.3) is 0 Å². The predicted molar refractivity (Wildman–Crippen MR) is 81.8 cm³/mol. The summed E-state index contributed by atoms with van der Waals surface area (Å²) in [6.45, 7) is 7.36. The van der Waals surface area contributed by atoms with Crippen LogP contribution in [0.3, 0.4) is 0 Å². The Labute approximate surface area is 126 Å². The quantitative estimate of drug-likeness (QED) is 0.775. The number of halogens is 1. The minimum Gasteiger partial charge on any atom is -0.494 e. The van der Waals surface area contributed by atoms with E-state index in [0.717, 1.165) is 5.56 Å². The van der Waals surface area contributed by atoms with E-state index in [0.29, 0.717) is 25.4 Å². The van der Waals surface area contributed by atoms with Crippen LogP contribution in [-0.4, -0.2) is 26.1 Å². The third-order valence-electron chi connectivity index (χ3n) is 3.19. The third kappa shape index (κ3) is 6.12. The molecule has 4 nitrogen and oxygen atoms in total. The Kier molecular flexibility index (Phi) is 7.15. The molecule has 0 spiro atoms. The second-order valence-electron chi connectivity index (χ2n) is 5.52. The standard InChI is InChI=1S/C16H25FN2O2/c1-11(2)10-19-16(20)7-8-18-12(3)13-5-6-14(17)15(9-13)21-4/h5-6,9,11-12,18H,7-8,10H2,1-4H3,(H,19,20). The maximum Gasteiger partial charge on any atom is 0.221 e. The number of rotatable bonds is 8. The van der Waals surface area contributed by atoms with Gasteiger partial charge in [0.2, 0.25) is 5.91 Å². The molecule has 0 aliphatic rings. The summed E-state index contributed by atoms with van der Waals surface area (Å²) >= 11 is 0. The molecule has 1 amide bonds. The van der Waals surface area contributed by atoms with Gasteiger partial charge in [0.25, 0.3) is 0 Å². The Morgan fingerprint density at radius 2 is 2.05 bits per heavy atom. The van der Waals surface area contributed by atoms with Crippen molar-refractivity contribution in [3.05, 3.63) is 29.6 Å². The molecular formula is C16H25FN2O2. The molecule has 1 aromatic rings. The largest absolute Gasteiger partial charge is 0.494 e. The van der Waals surface area contributed by atoms with Crippen molar-refractivity contribution in [3.63, 3.8) is 0 Å². The Morgan fingerprint density at radius 1 is 1.33 bits per heavy atom. The van der Waals surface area contributed by atoms with E-state index in [1.807, 2.05) is 6.92 Å². The summed E-state index contributed by atoms with van der Waals surface area (Å²) in [5, 5.41) is 6.12. The maximum absolute atomic E-state index is 13.3. The lowest BCUT2D eigenvalue weighted by Gasteiger charge is -2.15. The third-order valence-corrected chi connectivity index (χ3v) is 3.19. The number of ether oxygens (including phenoxy) is 1. The van der Waals surface area contributed by atoms with Crippen molar-refractivity contribution in [3.8, 4) is 5.75 Å². The number of methoxy groups -OCH3 is 1. The van der Waals surface area contributed by atoms with Gasteiger partial charge in [-0.2, -0.15) is 0 Å². The van der Waals surface area contributed by atoms with E-state index in [1.165, 1.54) is 13.2 Å². The number of benzene rings is 1. The summed E-state index contributed by atoms with van der Waals surface area (Å²) in [7, 11) is 1.44. The van der Waals surface area contributed by atoms with Crippen LogP contribution >= 0.6 is 0 Å². The lowest BCUT2D eigenvalue weighted by atomic mass is 10.1. The molecule has 118 valence electrons. The average molecular weight is 296 g/mol. The maximum atomic E-state index is 13.3. The fourth-order valence-electron chi connectivity index (χ4n) is 1.87. The fourth-order valence-corrected chi connectivity index (χ4v) is 1.87. The highest BCUT2D eigenvalue weighted by Crippen LogP contribution is 2.22. The van der Waals surface area contributed by atoms with Gasteiger partial charge in [0.1, 0.15) is 0 Å². The van der Waals surface area contributed by atoms with Crippen LogP contribution in [0, 0.1) is 11.7 Å². The smallest absolute Gasteiger partial charge is 0.221 e. The number of hydrogen-bond acceptors (Lipinski definition) is 3. The van der Waals surface area contributed by atoms with E-state index in [-0.39, 0.29) is 23.5 Å². The van der Waals surface area contributed by atoms with Gasteiger partial charge in [0.15, 0.2) is 11.6 Å². The lowest BCUT2D eigenvalue weighted by Crippen LogP contribution is -2.31. The van der Waals surface area contributed by atoms with Crippen LogP contribution < -0.4 is 15.4 Å². The first kappa shape index (κ1) is 17.4. The van der Waals surface area contributed by atoms with Crippen molar-refractivity contribution in [2.45, 2.75) is 33.2 Å². The summed E-state index contributed by atoms with van der Waals surface area (Å²) in [6.07, 6.45) is 0.426. The van der Waals surface area contributed by atoms with Crippen molar-refractivity contribution < 1.29 is 13.9 Å². The Hall–Kier alpha value is -1.62. The molecule has 1 atom stereocenters. The highest BCUT2D eigenvalue weighted by Gasteiger charge is 2.10. The van der Waals surface area contributed by atoms with Crippen molar-refractivity contribution in [2.24, 2.45) is 5.92 Å². The van der Waals surface area contributed by atoms with E-state index >= 15 is 0 Å². The summed E-state index contributed by atoms with van der Waals surface area (Å²) < 4.78 is 18.3. The highest BCUT2D eigenvalue weighted by molar-refractivity contribution is 5.76. The van der Waals surface area contributed by atoms with Crippen LogP contribution in [0.4, 0.5) is 4.39 Å². The normalized spacial score (nSPS) is 12.3. The van der Waals surface area contributed by atoms with E-state index in [1.54, 1.807) is 12.1 Å². The zero-order chi connectivity index (χ0) is 15.8. The van der Waals surface area contributed by atoms with E-state index in [4.69, 9.17) is 4.74 Å². The summed E-state index contributed by atoms with van der Waals surface area (Å²) in [4.78, 5) is 11.6. The number of carbonyl (C=O) groups is 1. The zero-order valence-corrected chi connectivity index (χ0v) is 13.2. The van der Waals surface area contributed by atoms with Gasteiger partial charge < -0.3 is 15.4 Å². The number of hydrogen-bond donors (Lipinski definition) is 2. The van der Waals surface area contributed by atoms with Gasteiger partial charge in [-0.25, -0.2) is 4.39 Å². The first-order chi connectivity index (χ1) is 9.93. The van der Waals surface area contributed by atoms with Crippen molar-refractivity contribution in [1.82, 2.24) is 10.6 Å². The minimum atomic E-state index is -0.374. The summed E-state index contributed by atoms with van der Waals surface area (Å²) in [6, 6.07) is 4.81. The fraction of sp³-hybridized carbons (Fsp3) is 0.562. The number of amides is 1. The number of nitrogens with one attached hydrogen (secondary N) is 2. The molecule has 0 radical (unpaired) electrons. The Balaban J connectivity index is 2.40. The molecule has 0 saturated carbocycles. The van der Waals surface area contributed by atoms with Crippen LogP contribution in [0.2, 0.25) is 0 Å². The van der Waals surface area contributed by atoms with Crippen LogP contribution in [-0.2, 0) is 4.79 Å². The molecule has 21 heavy (non-hydrogen) atoms. The topological polar surface area (TPSA) is 50.4 Å². The van der Waals surface area contributed by atoms with Gasteiger partial charge in [0, 0.05) is 25.6 Å². The second-order valence-corrected chi connectivity index (χ2v) is 5.52. The monoisotopic (exact) mass is 296 g/mol. The van der Waals surface area contributed by atoms with Crippen molar-refractivity contribution >= 4 is 5.91 Å². The first-order valence-electron chi connectivity index (χ1n) is 7.27. The summed E-state index contributed by atoms with van der Waals surface area (Å²) in [5.74, 6) is 0.352. The van der Waals surface area contributed by atoms with Gasteiger partial charge in [0.05, 0.1) is 7.11 Å². The molecule has 0 fully saturated rings. The van der Waals surface area contributed by atoms with Gasteiger partial charge in [-0.1, -0.05) is 19.9 Å². The molecule has 1 rings (SSSR count). The minimum absolute atomic E-state index is 0.0254. The number of carbonyl (C=O) groups excluding carboxylic acids is 1. The average Bonchev–Trinajstić information content (AvgIpc) is 2.45. The lowest BCUT2D eigenvalue weighted by molar-refractivity contribution is -0.121. The highest BCUT2D eigenvalue weighted by atomic mass is 19.1. The van der Waals surface area contributed by atoms with Crippen molar-refractivity contribution in [2.75, 3.05) is 20.2 Å². The Bertz CT molecular complexity index is 464. The van der Waals surface area contributed by atoms with E-state index in [9.17, 15) is 9.18 Å². The van der Waals surface area contributed by atoms with E-state index in [2.05, 4.69) is 24.5 Å². The summed E-state index contributed by atoms with van der Waals surface area (Å²) in [5.41, 5.74) is 0.927.